The summed E-state index contributed by atoms with van der Waals surface area (Å²) < 4.78 is 1.83. The van der Waals surface area contributed by atoms with Crippen LogP contribution in [0.25, 0.3) is 0 Å². The van der Waals surface area contributed by atoms with E-state index in [0.717, 1.165) is 55.8 Å². The molecule has 1 aromatic heterocycles. The lowest BCUT2D eigenvalue weighted by atomic mass is 10.2. The van der Waals surface area contributed by atoms with Crippen molar-refractivity contribution in [2.75, 3.05) is 18.0 Å². The zero-order valence-electron chi connectivity index (χ0n) is 13.1. The molecule has 0 saturated heterocycles. The van der Waals surface area contributed by atoms with Gasteiger partial charge in [0.2, 0.25) is 0 Å². The van der Waals surface area contributed by atoms with E-state index in [1.165, 1.54) is 0 Å². The molecule has 0 spiro atoms. The van der Waals surface area contributed by atoms with Gasteiger partial charge in [-0.15, -0.1) is 0 Å². The van der Waals surface area contributed by atoms with Crippen molar-refractivity contribution in [2.24, 2.45) is 17.9 Å². The Morgan fingerprint density at radius 3 is 2.30 bits per heavy atom. The first-order valence-corrected chi connectivity index (χ1v) is 7.33. The largest absolute Gasteiger partial charge is 0.409 e. The molecule has 20 heavy (non-hydrogen) atoms. The van der Waals surface area contributed by atoms with Gasteiger partial charge < -0.3 is 15.8 Å². The number of nitrogens with zero attached hydrogens (tertiary/aromatic N) is 4. The standard InChI is InChI=1S/C14H27N5O/c1-5-7-9-19(10-8-6-2)14-12(13(15)17-20)11(3)16-18(14)4/h20H,5-10H2,1-4H3,(H2,15,17). The van der Waals surface area contributed by atoms with Crippen molar-refractivity contribution in [1.29, 1.82) is 0 Å². The van der Waals surface area contributed by atoms with Crippen LogP contribution in [0.2, 0.25) is 0 Å². The number of anilines is 1. The molecule has 0 amide bonds. The molecule has 1 aromatic rings. The number of aromatic nitrogens is 2. The van der Waals surface area contributed by atoms with E-state index >= 15 is 0 Å². The maximum atomic E-state index is 8.99. The van der Waals surface area contributed by atoms with E-state index in [2.05, 4.69) is 29.0 Å². The minimum Gasteiger partial charge on any atom is -0.409 e. The lowest BCUT2D eigenvalue weighted by Crippen LogP contribution is -2.30. The average Bonchev–Trinajstić information content (AvgIpc) is 2.73. The molecule has 0 saturated carbocycles. The van der Waals surface area contributed by atoms with E-state index in [0.29, 0.717) is 0 Å². The monoisotopic (exact) mass is 281 g/mol. The number of hydrogen-bond donors (Lipinski definition) is 2. The van der Waals surface area contributed by atoms with Crippen molar-refractivity contribution >= 4 is 11.7 Å². The van der Waals surface area contributed by atoms with Crippen molar-refractivity contribution in [1.82, 2.24) is 9.78 Å². The van der Waals surface area contributed by atoms with Crippen LogP contribution in [0.4, 0.5) is 5.82 Å². The quantitative estimate of drug-likeness (QED) is 0.331. The first-order chi connectivity index (χ1) is 9.56. The Kier molecular flexibility index (Phi) is 6.35. The fourth-order valence-electron chi connectivity index (χ4n) is 2.38. The summed E-state index contributed by atoms with van der Waals surface area (Å²) in [6.07, 6.45) is 4.50. The van der Waals surface area contributed by atoms with Crippen molar-refractivity contribution in [3.63, 3.8) is 0 Å². The minimum atomic E-state index is 0.128. The van der Waals surface area contributed by atoms with Gasteiger partial charge in [-0.3, -0.25) is 4.68 Å². The molecule has 0 aliphatic carbocycles. The highest BCUT2D eigenvalue weighted by atomic mass is 16.4. The number of oxime groups is 1. The Bertz CT molecular complexity index is 445. The first kappa shape index (κ1) is 16.3. The van der Waals surface area contributed by atoms with E-state index in [1.807, 2.05) is 18.7 Å². The maximum Gasteiger partial charge on any atom is 0.175 e. The molecular formula is C14H27N5O. The van der Waals surface area contributed by atoms with Crippen LogP contribution < -0.4 is 10.6 Å². The molecule has 0 atom stereocenters. The summed E-state index contributed by atoms with van der Waals surface area (Å²) in [6.45, 7) is 8.16. The smallest absolute Gasteiger partial charge is 0.175 e. The number of nitrogens with two attached hydrogens (primary N) is 1. The summed E-state index contributed by atoms with van der Waals surface area (Å²) in [5.41, 5.74) is 7.35. The van der Waals surface area contributed by atoms with Crippen molar-refractivity contribution < 1.29 is 5.21 Å². The van der Waals surface area contributed by atoms with Crippen LogP contribution in [0.1, 0.15) is 50.8 Å². The third-order valence-corrected chi connectivity index (χ3v) is 3.42. The molecule has 0 aromatic carbocycles. The van der Waals surface area contributed by atoms with Gasteiger partial charge in [0.1, 0.15) is 5.82 Å². The van der Waals surface area contributed by atoms with Gasteiger partial charge in [-0.1, -0.05) is 31.8 Å². The molecule has 0 aliphatic heterocycles. The molecule has 0 fully saturated rings. The molecule has 6 heteroatoms. The fraction of sp³-hybridized carbons (Fsp3) is 0.714. The molecule has 6 nitrogen and oxygen atoms in total. The Balaban J connectivity index is 3.16. The summed E-state index contributed by atoms with van der Waals surface area (Å²) in [6, 6.07) is 0. The fourth-order valence-corrected chi connectivity index (χ4v) is 2.38. The van der Waals surface area contributed by atoms with Crippen LogP contribution in [-0.4, -0.2) is 33.9 Å². The van der Waals surface area contributed by atoms with Gasteiger partial charge in [-0.25, -0.2) is 0 Å². The zero-order chi connectivity index (χ0) is 15.1. The van der Waals surface area contributed by atoms with Crippen LogP contribution in [0.3, 0.4) is 0 Å². The van der Waals surface area contributed by atoms with E-state index in [4.69, 9.17) is 10.9 Å². The van der Waals surface area contributed by atoms with Gasteiger partial charge >= 0.3 is 0 Å². The topological polar surface area (TPSA) is 79.7 Å². The zero-order valence-corrected chi connectivity index (χ0v) is 13.1. The number of rotatable bonds is 8. The predicted molar refractivity (Wildman–Crippen MR) is 82.5 cm³/mol. The molecule has 1 rings (SSSR count). The van der Waals surface area contributed by atoms with Gasteiger partial charge in [-0.2, -0.15) is 5.10 Å². The molecule has 0 bridgehead atoms. The van der Waals surface area contributed by atoms with Gasteiger partial charge in [0.15, 0.2) is 5.84 Å². The van der Waals surface area contributed by atoms with Crippen LogP contribution in [0.5, 0.6) is 0 Å². The second-order valence-corrected chi connectivity index (χ2v) is 5.09. The third-order valence-electron chi connectivity index (χ3n) is 3.42. The molecule has 0 unspecified atom stereocenters. The van der Waals surface area contributed by atoms with E-state index in [-0.39, 0.29) is 5.84 Å². The maximum absolute atomic E-state index is 8.99. The second kappa shape index (κ2) is 7.77. The molecule has 114 valence electrons. The van der Waals surface area contributed by atoms with Crippen LogP contribution >= 0.6 is 0 Å². The summed E-state index contributed by atoms with van der Waals surface area (Å²) in [5.74, 6) is 1.07. The van der Waals surface area contributed by atoms with Crippen molar-refractivity contribution in [2.45, 2.75) is 46.5 Å². The summed E-state index contributed by atoms with van der Waals surface area (Å²) >= 11 is 0. The lowest BCUT2D eigenvalue weighted by molar-refractivity contribution is 0.318. The summed E-state index contributed by atoms with van der Waals surface area (Å²) in [7, 11) is 1.90. The van der Waals surface area contributed by atoms with Crippen molar-refractivity contribution in [3.8, 4) is 0 Å². The molecular weight excluding hydrogens is 254 g/mol. The van der Waals surface area contributed by atoms with Gasteiger partial charge in [0.25, 0.3) is 0 Å². The normalized spacial score (nSPS) is 11.9. The van der Waals surface area contributed by atoms with Crippen LogP contribution in [-0.2, 0) is 7.05 Å². The Morgan fingerprint density at radius 1 is 1.30 bits per heavy atom. The SMILES string of the molecule is CCCCN(CCCC)c1c(C(N)=NO)c(C)nn1C. The van der Waals surface area contributed by atoms with Gasteiger partial charge in [-0.05, 0) is 19.8 Å². The highest BCUT2D eigenvalue weighted by Gasteiger charge is 2.21. The molecule has 3 N–H and O–H groups in total. The molecule has 1 heterocycles. The minimum absolute atomic E-state index is 0.128. The van der Waals surface area contributed by atoms with Crippen molar-refractivity contribution in [3.05, 3.63) is 11.3 Å². The van der Waals surface area contributed by atoms with E-state index < -0.39 is 0 Å². The Morgan fingerprint density at radius 2 is 1.85 bits per heavy atom. The third kappa shape index (κ3) is 3.65. The molecule has 0 aliphatic rings. The summed E-state index contributed by atoms with van der Waals surface area (Å²) in [5, 5.41) is 16.6. The second-order valence-electron chi connectivity index (χ2n) is 5.09. The Labute approximate surface area is 121 Å². The number of amidine groups is 1. The Hall–Kier alpha value is -1.72. The predicted octanol–water partition coefficient (Wildman–Crippen LogP) is 2.23. The number of unbranched alkanes of at least 4 members (excludes halogenated alkanes) is 2. The lowest BCUT2D eigenvalue weighted by Gasteiger charge is -2.25. The van der Waals surface area contributed by atoms with Gasteiger partial charge in [0.05, 0.1) is 11.3 Å². The average molecular weight is 281 g/mol. The van der Waals surface area contributed by atoms with E-state index in [9.17, 15) is 0 Å². The van der Waals surface area contributed by atoms with Crippen LogP contribution in [0, 0.1) is 6.92 Å². The van der Waals surface area contributed by atoms with Crippen LogP contribution in [0.15, 0.2) is 5.16 Å². The van der Waals surface area contributed by atoms with Gasteiger partial charge in [0, 0.05) is 20.1 Å². The van der Waals surface area contributed by atoms with E-state index in [1.54, 1.807) is 0 Å². The highest BCUT2D eigenvalue weighted by molar-refractivity contribution is 6.02. The molecule has 0 radical (unpaired) electrons. The first-order valence-electron chi connectivity index (χ1n) is 7.33. The number of aryl methyl sites for hydroxylation is 2. The summed E-state index contributed by atoms with van der Waals surface area (Å²) in [4.78, 5) is 2.29. The highest BCUT2D eigenvalue weighted by Crippen LogP contribution is 2.24. The number of hydrogen-bond acceptors (Lipinski definition) is 4.